The van der Waals surface area contributed by atoms with Crippen molar-refractivity contribution >= 4 is 11.4 Å². The van der Waals surface area contributed by atoms with Gasteiger partial charge in [0.05, 0.1) is 4.92 Å². The molecule has 0 aromatic heterocycles. The quantitative estimate of drug-likeness (QED) is 0.399. The SMILES string of the molecule is Nc1cc(OCC(F)(F)F)c(-c2ccccc2F)cc1[N+](=O)[O-]. The van der Waals surface area contributed by atoms with Crippen LogP contribution < -0.4 is 10.5 Å². The molecule has 122 valence electrons. The van der Waals surface area contributed by atoms with Crippen LogP contribution in [0, 0.1) is 15.9 Å². The minimum Gasteiger partial charge on any atom is -0.483 e. The fraction of sp³-hybridized carbons (Fsp3) is 0.143. The van der Waals surface area contributed by atoms with E-state index in [1.165, 1.54) is 18.2 Å². The highest BCUT2D eigenvalue weighted by Crippen LogP contribution is 2.39. The van der Waals surface area contributed by atoms with Gasteiger partial charge in [0.1, 0.15) is 17.3 Å². The van der Waals surface area contributed by atoms with E-state index in [0.717, 1.165) is 18.2 Å². The molecule has 2 aromatic rings. The minimum absolute atomic E-state index is 0.132. The normalized spacial score (nSPS) is 11.3. The van der Waals surface area contributed by atoms with Crippen molar-refractivity contribution in [2.45, 2.75) is 6.18 Å². The van der Waals surface area contributed by atoms with Crippen LogP contribution in [0.25, 0.3) is 11.1 Å². The van der Waals surface area contributed by atoms with Gasteiger partial charge in [-0.05, 0) is 6.07 Å². The van der Waals surface area contributed by atoms with Crippen LogP contribution in [0.4, 0.5) is 28.9 Å². The van der Waals surface area contributed by atoms with Gasteiger partial charge < -0.3 is 10.5 Å². The first-order chi connectivity index (χ1) is 10.7. The van der Waals surface area contributed by atoms with Crippen molar-refractivity contribution in [1.82, 2.24) is 0 Å². The van der Waals surface area contributed by atoms with Crippen molar-refractivity contribution in [2.75, 3.05) is 12.3 Å². The Morgan fingerprint density at radius 2 is 1.83 bits per heavy atom. The van der Waals surface area contributed by atoms with Gasteiger partial charge in [-0.25, -0.2) is 4.39 Å². The summed E-state index contributed by atoms with van der Waals surface area (Å²) < 4.78 is 55.5. The molecule has 0 aliphatic rings. The molecular formula is C14H10F4N2O3. The Balaban J connectivity index is 2.58. The maximum Gasteiger partial charge on any atom is 0.422 e. The molecule has 0 unspecified atom stereocenters. The largest absolute Gasteiger partial charge is 0.483 e. The second-order valence-corrected chi connectivity index (χ2v) is 4.55. The summed E-state index contributed by atoms with van der Waals surface area (Å²) in [6.45, 7) is -1.63. The van der Waals surface area contributed by atoms with Crippen LogP contribution in [0.5, 0.6) is 5.75 Å². The molecule has 0 bridgehead atoms. The zero-order valence-electron chi connectivity index (χ0n) is 11.4. The first kappa shape index (κ1) is 16.5. The molecule has 0 heterocycles. The second kappa shape index (κ2) is 6.11. The number of ether oxygens (including phenoxy) is 1. The fourth-order valence-corrected chi connectivity index (χ4v) is 1.91. The molecule has 0 saturated carbocycles. The first-order valence-corrected chi connectivity index (χ1v) is 6.21. The Kier molecular flexibility index (Phi) is 4.39. The first-order valence-electron chi connectivity index (χ1n) is 6.21. The number of alkyl halides is 3. The molecule has 0 fully saturated rings. The molecule has 0 radical (unpaired) electrons. The van der Waals surface area contributed by atoms with Gasteiger partial charge in [0.2, 0.25) is 0 Å². The number of rotatable bonds is 4. The van der Waals surface area contributed by atoms with Crippen LogP contribution in [-0.2, 0) is 0 Å². The number of nitrogen functional groups attached to an aromatic ring is 1. The standard InChI is InChI=1S/C14H10F4N2O3/c15-10-4-2-1-3-8(10)9-5-12(20(21)22)11(19)6-13(9)23-7-14(16,17)18/h1-6H,7,19H2. The van der Waals surface area contributed by atoms with E-state index in [-0.39, 0.29) is 16.8 Å². The number of benzene rings is 2. The third-order valence-electron chi connectivity index (χ3n) is 2.88. The summed E-state index contributed by atoms with van der Waals surface area (Å²) in [5.74, 6) is -1.15. The second-order valence-electron chi connectivity index (χ2n) is 4.55. The molecule has 0 aliphatic heterocycles. The lowest BCUT2D eigenvalue weighted by molar-refractivity contribution is -0.383. The zero-order chi connectivity index (χ0) is 17.2. The third kappa shape index (κ3) is 3.87. The molecule has 0 spiro atoms. The van der Waals surface area contributed by atoms with E-state index in [1.54, 1.807) is 0 Å². The molecule has 0 amide bonds. The summed E-state index contributed by atoms with van der Waals surface area (Å²) >= 11 is 0. The molecule has 23 heavy (non-hydrogen) atoms. The minimum atomic E-state index is -4.62. The highest BCUT2D eigenvalue weighted by Gasteiger charge is 2.30. The Bertz CT molecular complexity index is 747. The topological polar surface area (TPSA) is 78.4 Å². The molecule has 9 heteroatoms. The highest BCUT2D eigenvalue weighted by molar-refractivity contribution is 5.78. The lowest BCUT2D eigenvalue weighted by Crippen LogP contribution is -2.19. The van der Waals surface area contributed by atoms with Crippen molar-refractivity contribution in [2.24, 2.45) is 0 Å². The Morgan fingerprint density at radius 3 is 2.39 bits per heavy atom. The van der Waals surface area contributed by atoms with Gasteiger partial charge in [0.25, 0.3) is 5.69 Å². The lowest BCUT2D eigenvalue weighted by atomic mass is 10.0. The van der Waals surface area contributed by atoms with Crippen LogP contribution >= 0.6 is 0 Å². The summed E-state index contributed by atoms with van der Waals surface area (Å²) in [7, 11) is 0. The van der Waals surface area contributed by atoms with Gasteiger partial charge in [0, 0.05) is 23.3 Å². The number of hydrogen-bond donors (Lipinski definition) is 1. The van der Waals surface area contributed by atoms with E-state index >= 15 is 0 Å². The third-order valence-corrected chi connectivity index (χ3v) is 2.88. The number of anilines is 1. The maximum atomic E-state index is 13.9. The van der Waals surface area contributed by atoms with E-state index in [9.17, 15) is 27.7 Å². The average Bonchev–Trinajstić information content (AvgIpc) is 2.45. The van der Waals surface area contributed by atoms with E-state index in [0.29, 0.717) is 0 Å². The maximum absolute atomic E-state index is 13.9. The van der Waals surface area contributed by atoms with Crippen LogP contribution in [0.1, 0.15) is 0 Å². The highest BCUT2D eigenvalue weighted by atomic mass is 19.4. The Hall–Kier alpha value is -2.84. The van der Waals surface area contributed by atoms with Gasteiger partial charge in [0.15, 0.2) is 6.61 Å². The van der Waals surface area contributed by atoms with Crippen molar-refractivity contribution in [3.63, 3.8) is 0 Å². The van der Waals surface area contributed by atoms with Crippen LogP contribution in [0.3, 0.4) is 0 Å². The van der Waals surface area contributed by atoms with E-state index in [4.69, 9.17) is 5.73 Å². The van der Waals surface area contributed by atoms with Gasteiger partial charge in [-0.15, -0.1) is 0 Å². The predicted octanol–water partition coefficient (Wildman–Crippen LogP) is 3.92. The van der Waals surface area contributed by atoms with Crippen molar-refractivity contribution in [3.05, 3.63) is 52.3 Å². The van der Waals surface area contributed by atoms with Gasteiger partial charge in [-0.3, -0.25) is 10.1 Å². The van der Waals surface area contributed by atoms with E-state index < -0.39 is 35.0 Å². The number of nitrogens with zero attached hydrogens (tertiary/aromatic N) is 1. The molecule has 2 N–H and O–H groups in total. The van der Waals surface area contributed by atoms with Crippen molar-refractivity contribution < 1.29 is 27.2 Å². The number of nitro benzene ring substituents is 1. The van der Waals surface area contributed by atoms with Crippen LogP contribution in [0.15, 0.2) is 36.4 Å². The van der Waals surface area contributed by atoms with Gasteiger partial charge >= 0.3 is 6.18 Å². The Labute approximate surface area is 127 Å². The van der Waals surface area contributed by atoms with Crippen LogP contribution in [0.2, 0.25) is 0 Å². The number of nitrogens with two attached hydrogens (primary N) is 1. The predicted molar refractivity (Wildman–Crippen MR) is 74.5 cm³/mol. The van der Waals surface area contributed by atoms with Crippen LogP contribution in [-0.4, -0.2) is 17.7 Å². The summed E-state index contributed by atoms with van der Waals surface area (Å²) in [5.41, 5.74) is 4.20. The Morgan fingerprint density at radius 1 is 1.17 bits per heavy atom. The van der Waals surface area contributed by atoms with Crippen molar-refractivity contribution in [1.29, 1.82) is 0 Å². The smallest absolute Gasteiger partial charge is 0.422 e. The van der Waals surface area contributed by atoms with E-state index in [2.05, 4.69) is 4.74 Å². The number of halogens is 4. The van der Waals surface area contributed by atoms with E-state index in [1.807, 2.05) is 0 Å². The fourth-order valence-electron chi connectivity index (χ4n) is 1.91. The molecule has 0 atom stereocenters. The molecular weight excluding hydrogens is 320 g/mol. The summed E-state index contributed by atoms with van der Waals surface area (Å²) in [6.07, 6.45) is -4.62. The van der Waals surface area contributed by atoms with Gasteiger partial charge in [-0.1, -0.05) is 18.2 Å². The molecule has 0 saturated heterocycles. The average molecular weight is 330 g/mol. The number of hydrogen-bond acceptors (Lipinski definition) is 4. The molecule has 5 nitrogen and oxygen atoms in total. The monoisotopic (exact) mass is 330 g/mol. The summed E-state index contributed by atoms with van der Waals surface area (Å²) in [5, 5.41) is 10.9. The van der Waals surface area contributed by atoms with Crippen molar-refractivity contribution in [3.8, 4) is 16.9 Å². The zero-order valence-corrected chi connectivity index (χ0v) is 11.4. The summed E-state index contributed by atoms with van der Waals surface area (Å²) in [6, 6.07) is 6.93. The molecule has 2 rings (SSSR count). The lowest BCUT2D eigenvalue weighted by Gasteiger charge is -2.14. The van der Waals surface area contributed by atoms with Gasteiger partial charge in [-0.2, -0.15) is 13.2 Å². The molecule has 2 aromatic carbocycles. The number of nitro groups is 1. The summed E-state index contributed by atoms with van der Waals surface area (Å²) in [4.78, 5) is 10.1. The molecule has 0 aliphatic carbocycles.